The van der Waals surface area contributed by atoms with E-state index >= 15 is 0 Å². The maximum atomic E-state index is 12.2. The topological polar surface area (TPSA) is 32.3 Å². The van der Waals surface area contributed by atoms with Crippen molar-refractivity contribution in [1.29, 1.82) is 0 Å². The van der Waals surface area contributed by atoms with Gasteiger partial charge in [0.15, 0.2) is 0 Å². The van der Waals surface area contributed by atoms with Gasteiger partial charge in [-0.05, 0) is 44.3 Å². The number of thiophene rings is 1. The van der Waals surface area contributed by atoms with Crippen molar-refractivity contribution in [2.45, 2.75) is 37.5 Å². The van der Waals surface area contributed by atoms with Gasteiger partial charge < -0.3 is 10.2 Å². The molecule has 1 unspecified atom stereocenters. The monoisotopic (exact) mass is 312 g/mol. The molecule has 1 aromatic heterocycles. The van der Waals surface area contributed by atoms with Gasteiger partial charge in [0, 0.05) is 29.6 Å². The number of hydrogen-bond acceptors (Lipinski definition) is 4. The minimum absolute atomic E-state index is 0.262. The molecule has 112 valence electrons. The molecule has 1 aliphatic heterocycles. The van der Waals surface area contributed by atoms with Crippen LogP contribution in [0.4, 0.5) is 0 Å². The van der Waals surface area contributed by atoms with Crippen molar-refractivity contribution in [2.24, 2.45) is 0 Å². The Morgan fingerprint density at radius 1 is 1.55 bits per heavy atom. The lowest BCUT2D eigenvalue weighted by molar-refractivity contribution is -0.128. The number of likely N-dealkylation sites (N-methyl/N-ethyl adjacent to an activating group) is 1. The zero-order chi connectivity index (χ0) is 14.4. The molecule has 1 fully saturated rings. The van der Waals surface area contributed by atoms with Gasteiger partial charge in [-0.15, -0.1) is 23.1 Å². The molecule has 20 heavy (non-hydrogen) atoms. The van der Waals surface area contributed by atoms with Crippen LogP contribution in [0.25, 0.3) is 0 Å². The number of hydrogen-bond donors (Lipinski definition) is 1. The van der Waals surface area contributed by atoms with Gasteiger partial charge in [-0.1, -0.05) is 6.07 Å². The van der Waals surface area contributed by atoms with Crippen LogP contribution in [-0.4, -0.2) is 48.0 Å². The van der Waals surface area contributed by atoms with Crippen molar-refractivity contribution < 1.29 is 4.79 Å². The number of rotatable bonds is 6. The molecule has 1 saturated heterocycles. The minimum Gasteiger partial charge on any atom is -0.342 e. The highest BCUT2D eigenvalue weighted by Crippen LogP contribution is 2.21. The van der Waals surface area contributed by atoms with Crippen LogP contribution in [-0.2, 0) is 11.2 Å². The summed E-state index contributed by atoms with van der Waals surface area (Å²) in [7, 11) is 1.93. The molecule has 0 aliphatic carbocycles. The third-order valence-electron chi connectivity index (χ3n) is 3.86. The van der Waals surface area contributed by atoms with Crippen LogP contribution in [0.5, 0.6) is 0 Å². The van der Waals surface area contributed by atoms with Crippen molar-refractivity contribution in [2.75, 3.05) is 25.9 Å². The fraction of sp³-hybridized carbons (Fsp3) is 0.667. The Labute approximate surface area is 130 Å². The smallest absolute Gasteiger partial charge is 0.232 e. The number of nitrogens with one attached hydrogen (secondary N) is 1. The molecule has 1 amide bonds. The van der Waals surface area contributed by atoms with Crippen molar-refractivity contribution in [3.63, 3.8) is 0 Å². The number of carbonyl (C=O) groups excluding carboxylic acids is 1. The maximum Gasteiger partial charge on any atom is 0.232 e. The highest BCUT2D eigenvalue weighted by atomic mass is 32.2. The molecule has 2 rings (SSSR count). The molecule has 0 spiro atoms. The number of nitrogens with zero attached hydrogens (tertiary/aromatic N) is 1. The molecule has 0 bridgehead atoms. The Balaban J connectivity index is 1.73. The molecule has 0 saturated carbocycles. The summed E-state index contributed by atoms with van der Waals surface area (Å²) in [5, 5.41) is 6.11. The standard InChI is InChI=1S/C15H24N2OS2/c1-12(10-14-4-3-9-19-14)17(2)15(18)11-20-13-5-7-16-8-6-13/h3-4,9,12-13,16H,5-8,10-11H2,1-2H3. The van der Waals surface area contributed by atoms with E-state index in [-0.39, 0.29) is 11.9 Å². The van der Waals surface area contributed by atoms with Crippen LogP contribution >= 0.6 is 23.1 Å². The predicted molar refractivity (Wildman–Crippen MR) is 88.6 cm³/mol. The Bertz CT molecular complexity index is 402. The lowest BCUT2D eigenvalue weighted by Gasteiger charge is -2.26. The predicted octanol–water partition coefficient (Wildman–Crippen LogP) is 2.62. The van der Waals surface area contributed by atoms with E-state index in [0.29, 0.717) is 11.0 Å². The molecular weight excluding hydrogens is 288 g/mol. The Morgan fingerprint density at radius 2 is 2.30 bits per heavy atom. The average molecular weight is 313 g/mol. The second kappa shape index (κ2) is 8.05. The van der Waals surface area contributed by atoms with E-state index in [1.165, 1.54) is 17.7 Å². The average Bonchev–Trinajstić information content (AvgIpc) is 2.98. The number of amides is 1. The number of carbonyl (C=O) groups is 1. The van der Waals surface area contributed by atoms with E-state index in [0.717, 1.165) is 19.5 Å². The summed E-state index contributed by atoms with van der Waals surface area (Å²) in [6.07, 6.45) is 3.33. The van der Waals surface area contributed by atoms with E-state index in [9.17, 15) is 4.79 Å². The summed E-state index contributed by atoms with van der Waals surface area (Å²) in [5.74, 6) is 0.883. The fourth-order valence-corrected chi connectivity index (χ4v) is 4.33. The number of thioether (sulfide) groups is 1. The second-order valence-corrected chi connectivity index (χ2v) is 7.72. The van der Waals surface area contributed by atoms with Crippen LogP contribution in [0.2, 0.25) is 0 Å². The second-order valence-electron chi connectivity index (χ2n) is 5.40. The van der Waals surface area contributed by atoms with E-state index in [1.807, 2.05) is 23.7 Å². The summed E-state index contributed by atoms with van der Waals surface area (Å²) in [6, 6.07) is 4.49. The molecule has 0 aromatic carbocycles. The van der Waals surface area contributed by atoms with Crippen LogP contribution < -0.4 is 5.32 Å². The van der Waals surface area contributed by atoms with Crippen LogP contribution in [0.1, 0.15) is 24.6 Å². The van der Waals surface area contributed by atoms with Gasteiger partial charge in [-0.25, -0.2) is 0 Å². The van der Waals surface area contributed by atoms with Crippen LogP contribution in [0.15, 0.2) is 17.5 Å². The van der Waals surface area contributed by atoms with Gasteiger partial charge in [0.1, 0.15) is 0 Å². The van der Waals surface area contributed by atoms with E-state index in [2.05, 4.69) is 29.8 Å². The third-order valence-corrected chi connectivity index (χ3v) is 6.12. The molecule has 5 heteroatoms. The molecule has 3 nitrogen and oxygen atoms in total. The molecule has 1 atom stereocenters. The zero-order valence-electron chi connectivity index (χ0n) is 12.3. The normalized spacial score (nSPS) is 17.9. The summed E-state index contributed by atoms with van der Waals surface area (Å²) in [5.41, 5.74) is 0. The van der Waals surface area contributed by atoms with Crippen molar-refractivity contribution in [1.82, 2.24) is 10.2 Å². The van der Waals surface area contributed by atoms with Crippen LogP contribution in [0, 0.1) is 0 Å². The summed E-state index contributed by atoms with van der Waals surface area (Å²) >= 11 is 3.60. The van der Waals surface area contributed by atoms with Gasteiger partial charge in [-0.2, -0.15) is 0 Å². The molecule has 0 radical (unpaired) electrons. The highest BCUT2D eigenvalue weighted by Gasteiger charge is 2.19. The van der Waals surface area contributed by atoms with Gasteiger partial charge in [0.25, 0.3) is 0 Å². The quantitative estimate of drug-likeness (QED) is 0.876. The lowest BCUT2D eigenvalue weighted by atomic mass is 10.2. The minimum atomic E-state index is 0.262. The first-order chi connectivity index (χ1) is 9.66. The van der Waals surface area contributed by atoms with Gasteiger partial charge in [-0.3, -0.25) is 4.79 Å². The van der Waals surface area contributed by atoms with Gasteiger partial charge >= 0.3 is 0 Å². The molecular formula is C15H24N2OS2. The largest absolute Gasteiger partial charge is 0.342 e. The van der Waals surface area contributed by atoms with Crippen molar-refractivity contribution in [3.8, 4) is 0 Å². The summed E-state index contributed by atoms with van der Waals surface area (Å²) in [4.78, 5) is 15.5. The van der Waals surface area contributed by atoms with Crippen LogP contribution in [0.3, 0.4) is 0 Å². The van der Waals surface area contributed by atoms with E-state index in [4.69, 9.17) is 0 Å². The summed E-state index contributed by atoms with van der Waals surface area (Å²) in [6.45, 7) is 4.32. The first kappa shape index (κ1) is 15.9. The van der Waals surface area contributed by atoms with Gasteiger partial charge in [0.05, 0.1) is 5.75 Å². The fourth-order valence-electron chi connectivity index (χ4n) is 2.36. The Hall–Kier alpha value is -0.520. The first-order valence-corrected chi connectivity index (χ1v) is 9.20. The SMILES string of the molecule is CC(Cc1cccs1)N(C)C(=O)CSC1CCNCC1. The highest BCUT2D eigenvalue weighted by molar-refractivity contribution is 8.00. The molecule has 1 aliphatic rings. The summed E-state index contributed by atoms with van der Waals surface area (Å²) < 4.78 is 0. The Morgan fingerprint density at radius 3 is 2.95 bits per heavy atom. The molecule has 1 N–H and O–H groups in total. The zero-order valence-corrected chi connectivity index (χ0v) is 13.9. The van der Waals surface area contributed by atoms with Crippen molar-refractivity contribution in [3.05, 3.63) is 22.4 Å². The van der Waals surface area contributed by atoms with Crippen molar-refractivity contribution >= 4 is 29.0 Å². The van der Waals surface area contributed by atoms with E-state index in [1.54, 1.807) is 11.3 Å². The first-order valence-electron chi connectivity index (χ1n) is 7.27. The number of piperidine rings is 1. The van der Waals surface area contributed by atoms with E-state index < -0.39 is 0 Å². The lowest BCUT2D eigenvalue weighted by Crippen LogP contribution is -2.38. The third kappa shape index (κ3) is 4.79. The Kier molecular flexibility index (Phi) is 6.39. The molecule has 2 heterocycles. The molecule has 1 aromatic rings. The van der Waals surface area contributed by atoms with Gasteiger partial charge in [0.2, 0.25) is 5.91 Å². The maximum absolute atomic E-state index is 12.2.